The zero-order chi connectivity index (χ0) is 22.4. The molecule has 3 rings (SSSR count). The molecule has 2 saturated heterocycles. The maximum Gasteiger partial charge on any atom is 0.282 e. The van der Waals surface area contributed by atoms with Gasteiger partial charge in [-0.2, -0.15) is 17.0 Å². The number of hydrogen-bond acceptors (Lipinski definition) is 5. The van der Waals surface area contributed by atoms with Gasteiger partial charge in [0.25, 0.3) is 10.2 Å². The Hall–Kier alpha value is -2.27. The average Bonchev–Trinajstić information content (AvgIpc) is 2.76. The number of carbonyl (C=O) groups excluding carboxylic acids is 2. The Labute approximate surface area is 183 Å². The number of ether oxygens (including phenoxy) is 1. The molecule has 2 amide bonds. The number of rotatable bonds is 6. The molecule has 2 aliphatic rings. The van der Waals surface area contributed by atoms with E-state index in [9.17, 15) is 18.0 Å². The molecule has 1 N–H and O–H groups in total. The van der Waals surface area contributed by atoms with Gasteiger partial charge in [0.2, 0.25) is 11.8 Å². The molecule has 0 aliphatic carbocycles. The number of hydrogen-bond donors (Lipinski definition) is 1. The van der Waals surface area contributed by atoms with E-state index in [0.717, 1.165) is 5.56 Å². The number of morpholine rings is 1. The highest BCUT2D eigenvalue weighted by Gasteiger charge is 2.37. The molecule has 0 bridgehead atoms. The van der Waals surface area contributed by atoms with Gasteiger partial charge in [0.15, 0.2) is 0 Å². The maximum absolute atomic E-state index is 12.9. The fraction of sp³-hybridized carbons (Fsp3) is 0.524. The molecule has 10 heteroatoms. The third-order valence-corrected chi connectivity index (χ3v) is 7.24. The summed E-state index contributed by atoms with van der Waals surface area (Å²) in [4.78, 5) is 25.9. The number of carbonyl (C=O) groups is 2. The van der Waals surface area contributed by atoms with Crippen molar-refractivity contribution in [1.82, 2.24) is 18.8 Å². The standard InChI is InChI=1S/C21H30N4O5S/c1-17-15-25(16-18(2)30-17)31(28,29)24-12-10-23(11-13-24)21(27)14-22-20(26)9-8-19-6-4-3-5-7-19/h3-9,17-18H,10-16H2,1-2H3,(H,22,26)/b9-8+. The van der Waals surface area contributed by atoms with Crippen LogP contribution >= 0.6 is 0 Å². The zero-order valence-corrected chi connectivity index (χ0v) is 18.8. The lowest BCUT2D eigenvalue weighted by molar-refractivity contribution is -0.133. The van der Waals surface area contributed by atoms with Crippen molar-refractivity contribution in [1.29, 1.82) is 0 Å². The van der Waals surface area contributed by atoms with Crippen molar-refractivity contribution in [3.8, 4) is 0 Å². The molecular weight excluding hydrogens is 420 g/mol. The van der Waals surface area contributed by atoms with Crippen molar-refractivity contribution >= 4 is 28.1 Å². The van der Waals surface area contributed by atoms with Gasteiger partial charge in [-0.15, -0.1) is 0 Å². The number of nitrogens with one attached hydrogen (secondary N) is 1. The van der Waals surface area contributed by atoms with E-state index < -0.39 is 10.2 Å². The van der Waals surface area contributed by atoms with Crippen LogP contribution in [-0.2, 0) is 24.5 Å². The second-order valence-electron chi connectivity index (χ2n) is 7.82. The van der Waals surface area contributed by atoms with Crippen LogP contribution in [0.5, 0.6) is 0 Å². The van der Waals surface area contributed by atoms with Crippen LogP contribution in [0.4, 0.5) is 0 Å². The zero-order valence-electron chi connectivity index (χ0n) is 17.9. The molecule has 2 fully saturated rings. The first-order valence-electron chi connectivity index (χ1n) is 10.4. The highest BCUT2D eigenvalue weighted by atomic mass is 32.2. The summed E-state index contributed by atoms with van der Waals surface area (Å²) in [5.41, 5.74) is 0.894. The highest BCUT2D eigenvalue weighted by molar-refractivity contribution is 7.86. The minimum absolute atomic E-state index is 0.122. The van der Waals surface area contributed by atoms with E-state index in [2.05, 4.69) is 5.32 Å². The van der Waals surface area contributed by atoms with Crippen LogP contribution in [0.1, 0.15) is 19.4 Å². The fourth-order valence-corrected chi connectivity index (χ4v) is 5.47. The topological polar surface area (TPSA) is 99.3 Å². The smallest absolute Gasteiger partial charge is 0.282 e. The molecule has 0 radical (unpaired) electrons. The average molecular weight is 451 g/mol. The molecule has 0 spiro atoms. The maximum atomic E-state index is 12.9. The predicted octanol–water partition coefficient (Wildman–Crippen LogP) is 0.314. The third-order valence-electron chi connectivity index (χ3n) is 5.27. The molecule has 9 nitrogen and oxygen atoms in total. The number of benzene rings is 1. The van der Waals surface area contributed by atoms with Crippen molar-refractivity contribution < 1.29 is 22.7 Å². The van der Waals surface area contributed by atoms with Crippen LogP contribution in [0.2, 0.25) is 0 Å². The molecular formula is C21H30N4O5S. The Bertz CT molecular complexity index is 888. The summed E-state index contributed by atoms with van der Waals surface area (Å²) in [6.07, 6.45) is 2.76. The minimum atomic E-state index is -3.59. The van der Waals surface area contributed by atoms with Gasteiger partial charge in [-0.25, -0.2) is 0 Å². The molecule has 2 aliphatic heterocycles. The van der Waals surface area contributed by atoms with Gasteiger partial charge in [0.1, 0.15) is 0 Å². The largest absolute Gasteiger partial charge is 0.373 e. The summed E-state index contributed by atoms with van der Waals surface area (Å²) in [7, 11) is -3.59. The minimum Gasteiger partial charge on any atom is -0.373 e. The van der Waals surface area contributed by atoms with Crippen LogP contribution in [0, 0.1) is 0 Å². The van der Waals surface area contributed by atoms with Gasteiger partial charge < -0.3 is 15.0 Å². The fourth-order valence-electron chi connectivity index (χ4n) is 3.72. The lowest BCUT2D eigenvalue weighted by atomic mass is 10.2. The summed E-state index contributed by atoms with van der Waals surface area (Å²) < 4.78 is 34.4. The SMILES string of the molecule is CC1CN(S(=O)(=O)N2CCN(C(=O)CNC(=O)/C=C/c3ccccc3)CC2)CC(C)O1. The third kappa shape index (κ3) is 6.36. The first kappa shape index (κ1) is 23.4. The molecule has 1 aromatic carbocycles. The quantitative estimate of drug-likeness (QED) is 0.629. The molecule has 2 atom stereocenters. The van der Waals surface area contributed by atoms with Crippen LogP contribution in [-0.4, -0.2) is 91.8 Å². The molecule has 0 aromatic heterocycles. The van der Waals surface area contributed by atoms with Gasteiger partial charge in [-0.1, -0.05) is 30.3 Å². The lowest BCUT2D eigenvalue weighted by Crippen LogP contribution is -2.58. The van der Waals surface area contributed by atoms with Gasteiger partial charge in [-0.3, -0.25) is 9.59 Å². The van der Waals surface area contributed by atoms with E-state index in [0.29, 0.717) is 26.2 Å². The van der Waals surface area contributed by atoms with E-state index in [4.69, 9.17) is 4.74 Å². The van der Waals surface area contributed by atoms with Crippen molar-refractivity contribution in [3.05, 3.63) is 42.0 Å². The Balaban J connectivity index is 1.45. The molecule has 1 aromatic rings. The Morgan fingerprint density at radius 2 is 1.65 bits per heavy atom. The number of amides is 2. The van der Waals surface area contributed by atoms with Crippen molar-refractivity contribution in [2.24, 2.45) is 0 Å². The molecule has 31 heavy (non-hydrogen) atoms. The van der Waals surface area contributed by atoms with E-state index >= 15 is 0 Å². The van der Waals surface area contributed by atoms with Crippen LogP contribution in [0.3, 0.4) is 0 Å². The second kappa shape index (κ2) is 10.4. The predicted molar refractivity (Wildman–Crippen MR) is 117 cm³/mol. The van der Waals surface area contributed by atoms with Crippen molar-refractivity contribution in [2.75, 3.05) is 45.8 Å². The summed E-state index contributed by atoms with van der Waals surface area (Å²) in [5, 5.41) is 2.58. The van der Waals surface area contributed by atoms with E-state index in [1.807, 2.05) is 44.2 Å². The molecule has 2 unspecified atom stereocenters. The molecule has 170 valence electrons. The Kier molecular flexibility index (Phi) is 7.82. The first-order valence-corrected chi connectivity index (χ1v) is 11.8. The summed E-state index contributed by atoms with van der Waals surface area (Å²) in [6, 6.07) is 9.40. The molecule has 2 heterocycles. The van der Waals surface area contributed by atoms with Crippen LogP contribution in [0.15, 0.2) is 36.4 Å². The normalized spacial score (nSPS) is 23.7. The summed E-state index contributed by atoms with van der Waals surface area (Å²) in [5.74, 6) is -0.582. The van der Waals surface area contributed by atoms with E-state index in [1.54, 1.807) is 11.0 Å². The monoisotopic (exact) mass is 450 g/mol. The Morgan fingerprint density at radius 1 is 1.03 bits per heavy atom. The second-order valence-corrected chi connectivity index (χ2v) is 9.75. The van der Waals surface area contributed by atoms with E-state index in [1.165, 1.54) is 14.7 Å². The van der Waals surface area contributed by atoms with Crippen molar-refractivity contribution in [3.63, 3.8) is 0 Å². The summed E-state index contributed by atoms with van der Waals surface area (Å²) >= 11 is 0. The van der Waals surface area contributed by atoms with E-state index in [-0.39, 0.29) is 43.7 Å². The van der Waals surface area contributed by atoms with Gasteiger partial charge in [-0.05, 0) is 25.5 Å². The number of piperazine rings is 1. The Morgan fingerprint density at radius 3 is 2.26 bits per heavy atom. The first-order chi connectivity index (χ1) is 14.8. The highest BCUT2D eigenvalue weighted by Crippen LogP contribution is 2.18. The van der Waals surface area contributed by atoms with Crippen LogP contribution < -0.4 is 5.32 Å². The number of nitrogens with zero attached hydrogens (tertiary/aromatic N) is 3. The van der Waals surface area contributed by atoms with Gasteiger partial charge in [0, 0.05) is 45.3 Å². The van der Waals surface area contributed by atoms with Crippen LogP contribution in [0.25, 0.3) is 6.08 Å². The van der Waals surface area contributed by atoms with Gasteiger partial charge >= 0.3 is 0 Å². The summed E-state index contributed by atoms with van der Waals surface area (Å²) in [6.45, 7) is 5.31. The van der Waals surface area contributed by atoms with Crippen molar-refractivity contribution in [2.45, 2.75) is 26.1 Å². The molecule has 0 saturated carbocycles. The van der Waals surface area contributed by atoms with Gasteiger partial charge in [0.05, 0.1) is 18.8 Å². The lowest BCUT2D eigenvalue weighted by Gasteiger charge is -2.40.